The van der Waals surface area contributed by atoms with Crippen LogP contribution < -0.4 is 10.2 Å². The number of hydrogen-bond donors (Lipinski definition) is 1. The summed E-state index contributed by atoms with van der Waals surface area (Å²) in [6.07, 6.45) is 3.02. The zero-order chi connectivity index (χ0) is 13.2. The van der Waals surface area contributed by atoms with E-state index in [9.17, 15) is 0 Å². The smallest absolute Gasteiger partial charge is 0.133 e. The van der Waals surface area contributed by atoms with E-state index >= 15 is 0 Å². The highest BCUT2D eigenvalue weighted by Gasteiger charge is 2.20. The summed E-state index contributed by atoms with van der Waals surface area (Å²) in [5.74, 6) is 1.11. The average molecular weight is 338 g/mol. The topological polar surface area (TPSA) is 28.2 Å². The van der Waals surface area contributed by atoms with E-state index in [0.29, 0.717) is 0 Å². The first-order valence-electron chi connectivity index (χ1n) is 6.37. The van der Waals surface area contributed by atoms with Crippen LogP contribution in [0.25, 0.3) is 0 Å². The highest BCUT2D eigenvalue weighted by molar-refractivity contribution is 9.10. The van der Waals surface area contributed by atoms with Crippen LogP contribution in [0.4, 0.5) is 5.82 Å². The predicted octanol–water partition coefficient (Wildman–Crippen LogP) is 3.19. The van der Waals surface area contributed by atoms with Crippen LogP contribution in [0.15, 0.2) is 28.2 Å². The molecule has 0 atom stereocenters. The second-order valence-corrected chi connectivity index (χ2v) is 6.62. The zero-order valence-electron chi connectivity index (χ0n) is 10.8. The minimum Gasteiger partial charge on any atom is -0.352 e. The molecule has 3 heterocycles. The molecule has 0 amide bonds. The van der Waals surface area contributed by atoms with Gasteiger partial charge in [0.15, 0.2) is 0 Å². The van der Waals surface area contributed by atoms with Crippen LogP contribution in [-0.2, 0) is 19.5 Å². The van der Waals surface area contributed by atoms with Crippen molar-refractivity contribution < 1.29 is 0 Å². The zero-order valence-corrected chi connectivity index (χ0v) is 13.2. The molecule has 0 aliphatic carbocycles. The molecular weight excluding hydrogens is 322 g/mol. The van der Waals surface area contributed by atoms with Crippen LogP contribution in [0.1, 0.15) is 16.0 Å². The van der Waals surface area contributed by atoms with Gasteiger partial charge in [-0.1, -0.05) is 0 Å². The molecule has 1 N–H and O–H groups in total. The first-order valence-corrected chi connectivity index (χ1v) is 8.04. The van der Waals surface area contributed by atoms with E-state index in [1.165, 1.54) is 16.0 Å². The maximum Gasteiger partial charge on any atom is 0.133 e. The van der Waals surface area contributed by atoms with E-state index in [1.807, 2.05) is 24.6 Å². The molecule has 0 radical (unpaired) electrons. The van der Waals surface area contributed by atoms with Gasteiger partial charge in [0.2, 0.25) is 0 Å². The van der Waals surface area contributed by atoms with Crippen LogP contribution in [0.5, 0.6) is 0 Å². The molecule has 2 aromatic rings. The van der Waals surface area contributed by atoms with E-state index in [-0.39, 0.29) is 0 Å². The Hall–Kier alpha value is -0.910. The molecular formula is C14H16BrN3S. The lowest BCUT2D eigenvalue weighted by molar-refractivity contribution is 0.716. The van der Waals surface area contributed by atoms with Gasteiger partial charge in [0.1, 0.15) is 5.82 Å². The van der Waals surface area contributed by atoms with Crippen molar-refractivity contribution in [2.45, 2.75) is 19.5 Å². The predicted molar refractivity (Wildman–Crippen MR) is 83.8 cm³/mol. The molecule has 0 saturated heterocycles. The van der Waals surface area contributed by atoms with Gasteiger partial charge < -0.3 is 10.2 Å². The van der Waals surface area contributed by atoms with E-state index in [1.54, 1.807) is 0 Å². The number of anilines is 1. The largest absolute Gasteiger partial charge is 0.352 e. The molecule has 0 spiro atoms. The van der Waals surface area contributed by atoms with Gasteiger partial charge in [-0.25, -0.2) is 4.98 Å². The van der Waals surface area contributed by atoms with Gasteiger partial charge >= 0.3 is 0 Å². The van der Waals surface area contributed by atoms with Crippen molar-refractivity contribution >= 4 is 33.1 Å². The molecule has 0 saturated carbocycles. The normalized spacial score (nSPS) is 14.5. The Morgan fingerprint density at radius 1 is 1.53 bits per heavy atom. The number of aromatic nitrogens is 1. The summed E-state index contributed by atoms with van der Waals surface area (Å²) in [5.41, 5.74) is 2.70. The lowest BCUT2D eigenvalue weighted by Crippen LogP contribution is -2.31. The van der Waals surface area contributed by atoms with Crippen molar-refractivity contribution in [3.8, 4) is 0 Å². The van der Waals surface area contributed by atoms with Crippen LogP contribution >= 0.6 is 27.3 Å². The number of rotatable bonds is 3. The maximum absolute atomic E-state index is 4.62. The first kappa shape index (κ1) is 13.1. The molecule has 0 aromatic carbocycles. The summed E-state index contributed by atoms with van der Waals surface area (Å²) in [5, 5.41) is 5.41. The van der Waals surface area contributed by atoms with E-state index in [4.69, 9.17) is 0 Å². The quantitative estimate of drug-likeness (QED) is 0.932. The third-order valence-electron chi connectivity index (χ3n) is 3.38. The highest BCUT2D eigenvalue weighted by atomic mass is 79.9. The molecule has 19 heavy (non-hydrogen) atoms. The van der Waals surface area contributed by atoms with Gasteiger partial charge in [0.25, 0.3) is 0 Å². The van der Waals surface area contributed by atoms with Crippen molar-refractivity contribution in [2.75, 3.05) is 18.5 Å². The summed E-state index contributed by atoms with van der Waals surface area (Å²) < 4.78 is 1.04. The minimum atomic E-state index is 0.842. The Bertz CT molecular complexity index is 582. The second kappa shape index (κ2) is 5.61. The van der Waals surface area contributed by atoms with Gasteiger partial charge in [0.05, 0.1) is 0 Å². The van der Waals surface area contributed by atoms with Crippen molar-refractivity contribution in [1.29, 1.82) is 0 Å². The fourth-order valence-electron chi connectivity index (χ4n) is 2.51. The molecule has 100 valence electrons. The standard InChI is InChI=1S/C14H16BrN3S/c1-16-7-11-6-12(15)8-17-14(11)18-4-2-13-10(9-18)3-5-19-13/h3,5-6,8,16H,2,4,7,9H2,1H3. The number of nitrogens with zero attached hydrogens (tertiary/aromatic N) is 2. The maximum atomic E-state index is 4.62. The fraction of sp³-hybridized carbons (Fsp3) is 0.357. The third-order valence-corrected chi connectivity index (χ3v) is 4.84. The summed E-state index contributed by atoms with van der Waals surface area (Å²) in [6.45, 7) is 2.87. The van der Waals surface area contributed by atoms with Gasteiger partial charge in [-0.3, -0.25) is 0 Å². The number of thiophene rings is 1. The lowest BCUT2D eigenvalue weighted by atomic mass is 10.1. The summed E-state index contributed by atoms with van der Waals surface area (Å²) >= 11 is 5.38. The number of halogens is 1. The van der Waals surface area contributed by atoms with E-state index in [2.05, 4.69) is 48.6 Å². The Kier molecular flexibility index (Phi) is 3.86. The van der Waals surface area contributed by atoms with Gasteiger partial charge in [-0.05, 0) is 52.5 Å². The number of nitrogens with one attached hydrogen (secondary N) is 1. The summed E-state index contributed by atoms with van der Waals surface area (Å²) in [7, 11) is 1.97. The van der Waals surface area contributed by atoms with Gasteiger partial charge in [-0.15, -0.1) is 11.3 Å². The average Bonchev–Trinajstić information content (AvgIpc) is 2.86. The van der Waals surface area contributed by atoms with Crippen LogP contribution in [-0.4, -0.2) is 18.6 Å². The Morgan fingerprint density at radius 2 is 2.42 bits per heavy atom. The fourth-order valence-corrected chi connectivity index (χ4v) is 3.78. The molecule has 1 aliphatic heterocycles. The molecule has 0 bridgehead atoms. The van der Waals surface area contributed by atoms with E-state index < -0.39 is 0 Å². The minimum absolute atomic E-state index is 0.842. The number of hydrogen-bond acceptors (Lipinski definition) is 4. The SMILES string of the molecule is CNCc1cc(Br)cnc1N1CCc2sccc2C1. The second-order valence-electron chi connectivity index (χ2n) is 4.71. The van der Waals surface area contributed by atoms with Gasteiger partial charge in [0, 0.05) is 40.7 Å². The Balaban J connectivity index is 1.90. The summed E-state index contributed by atoms with van der Waals surface area (Å²) in [4.78, 5) is 8.53. The molecule has 0 fully saturated rings. The monoisotopic (exact) mass is 337 g/mol. The third kappa shape index (κ3) is 2.68. The Morgan fingerprint density at radius 3 is 3.26 bits per heavy atom. The number of fused-ring (bicyclic) bond motifs is 1. The molecule has 3 rings (SSSR count). The lowest BCUT2D eigenvalue weighted by Gasteiger charge is -2.29. The summed E-state index contributed by atoms with van der Waals surface area (Å²) in [6, 6.07) is 4.39. The first-order chi connectivity index (χ1) is 9.28. The van der Waals surface area contributed by atoms with Crippen LogP contribution in [0.2, 0.25) is 0 Å². The highest BCUT2D eigenvalue weighted by Crippen LogP contribution is 2.29. The van der Waals surface area contributed by atoms with Crippen molar-refractivity contribution in [3.63, 3.8) is 0 Å². The van der Waals surface area contributed by atoms with Crippen LogP contribution in [0, 0.1) is 0 Å². The van der Waals surface area contributed by atoms with Crippen molar-refractivity contribution in [3.05, 3.63) is 44.2 Å². The van der Waals surface area contributed by atoms with Gasteiger partial charge in [-0.2, -0.15) is 0 Å². The number of pyridine rings is 1. The van der Waals surface area contributed by atoms with Crippen LogP contribution in [0.3, 0.4) is 0 Å². The van der Waals surface area contributed by atoms with Crippen molar-refractivity contribution in [1.82, 2.24) is 10.3 Å². The van der Waals surface area contributed by atoms with Crippen molar-refractivity contribution in [2.24, 2.45) is 0 Å². The van der Waals surface area contributed by atoms with E-state index in [0.717, 1.165) is 36.3 Å². The molecule has 5 heteroatoms. The molecule has 0 unspecified atom stereocenters. The molecule has 1 aliphatic rings. The Labute approximate surface area is 125 Å². The molecule has 2 aromatic heterocycles. The molecule has 3 nitrogen and oxygen atoms in total.